The molecule has 0 fully saturated rings. The largest absolute Gasteiger partial charge is 0.496 e. The number of hydrogen-bond donors (Lipinski definition) is 1. The average Bonchev–Trinajstić information content (AvgIpc) is 3.26. The van der Waals surface area contributed by atoms with Crippen LogP contribution in [-0.2, 0) is 5.75 Å². The minimum absolute atomic E-state index is 0.304. The van der Waals surface area contributed by atoms with Crippen molar-refractivity contribution < 1.29 is 13.5 Å². The third-order valence-electron chi connectivity index (χ3n) is 3.82. The minimum atomic E-state index is -0.304. The summed E-state index contributed by atoms with van der Waals surface area (Å²) in [6.45, 7) is 0. The smallest absolute Gasteiger partial charge is 0.277 e. The van der Waals surface area contributed by atoms with Gasteiger partial charge in [-0.1, -0.05) is 30.0 Å². The number of aromatic nitrogens is 3. The van der Waals surface area contributed by atoms with Crippen molar-refractivity contribution in [1.29, 1.82) is 0 Å². The number of hydrogen-bond acceptors (Lipinski definition) is 5. The Labute approximate surface area is 147 Å². The van der Waals surface area contributed by atoms with Gasteiger partial charge < -0.3 is 14.1 Å². The molecular weight excluding hydrogens is 341 g/mol. The maximum Gasteiger partial charge on any atom is 0.277 e. The first kappa shape index (κ1) is 15.7. The Morgan fingerprint density at radius 1 is 1.20 bits per heavy atom. The maximum absolute atomic E-state index is 13.4. The Morgan fingerprint density at radius 3 is 2.96 bits per heavy atom. The van der Waals surface area contributed by atoms with Crippen LogP contribution in [0.5, 0.6) is 5.75 Å². The van der Waals surface area contributed by atoms with Crippen LogP contribution in [0, 0.1) is 5.82 Å². The number of ether oxygens (including phenoxy) is 1. The van der Waals surface area contributed by atoms with Gasteiger partial charge in [-0.25, -0.2) is 4.39 Å². The average molecular weight is 355 g/mol. The van der Waals surface area contributed by atoms with Crippen molar-refractivity contribution in [2.45, 2.75) is 11.0 Å². The lowest BCUT2D eigenvalue weighted by molar-refractivity contribution is 0.410. The molecule has 0 unspecified atom stereocenters. The zero-order valence-electron chi connectivity index (χ0n) is 13.3. The molecule has 0 aliphatic heterocycles. The van der Waals surface area contributed by atoms with E-state index in [1.165, 1.54) is 23.9 Å². The Hall–Kier alpha value is -2.80. The summed E-state index contributed by atoms with van der Waals surface area (Å²) in [5.41, 5.74) is 2.60. The zero-order chi connectivity index (χ0) is 17.2. The quantitative estimate of drug-likeness (QED) is 0.528. The fraction of sp³-hybridized carbons (Fsp3) is 0.111. The van der Waals surface area contributed by atoms with Gasteiger partial charge >= 0.3 is 0 Å². The van der Waals surface area contributed by atoms with Gasteiger partial charge in [-0.15, -0.1) is 10.2 Å². The van der Waals surface area contributed by atoms with Crippen molar-refractivity contribution in [2.75, 3.05) is 7.11 Å². The molecule has 0 atom stereocenters. The van der Waals surface area contributed by atoms with Crippen LogP contribution in [-0.4, -0.2) is 22.3 Å². The topological polar surface area (TPSA) is 63.9 Å². The van der Waals surface area contributed by atoms with Crippen molar-refractivity contribution >= 4 is 22.7 Å². The predicted octanol–water partition coefficient (Wildman–Crippen LogP) is 4.66. The molecule has 0 saturated carbocycles. The van der Waals surface area contributed by atoms with Crippen LogP contribution in [0.1, 0.15) is 5.56 Å². The molecule has 7 heteroatoms. The lowest BCUT2D eigenvalue weighted by Crippen LogP contribution is -1.91. The number of para-hydroxylation sites is 1. The van der Waals surface area contributed by atoms with E-state index in [0.717, 1.165) is 22.0 Å². The van der Waals surface area contributed by atoms with Gasteiger partial charge in [0.2, 0.25) is 0 Å². The number of rotatable bonds is 5. The van der Waals surface area contributed by atoms with Gasteiger partial charge in [0.05, 0.1) is 12.7 Å². The summed E-state index contributed by atoms with van der Waals surface area (Å²) in [5, 5.41) is 9.63. The molecule has 2 aromatic carbocycles. The fourth-order valence-electron chi connectivity index (χ4n) is 2.62. The van der Waals surface area contributed by atoms with Crippen LogP contribution in [0.2, 0.25) is 0 Å². The highest BCUT2D eigenvalue weighted by Gasteiger charge is 2.14. The van der Waals surface area contributed by atoms with E-state index in [1.807, 2.05) is 30.5 Å². The molecule has 5 nitrogen and oxygen atoms in total. The Bertz CT molecular complexity index is 1030. The van der Waals surface area contributed by atoms with Gasteiger partial charge in [-0.05, 0) is 24.3 Å². The SMILES string of the molecule is COc1ccc(F)cc1CSc1nnc(-c2c[nH]c3ccccc23)o1. The number of methoxy groups -OCH3 is 1. The molecule has 0 bridgehead atoms. The van der Waals surface area contributed by atoms with Gasteiger partial charge in [0.25, 0.3) is 11.1 Å². The van der Waals surface area contributed by atoms with Gasteiger partial charge in [-0.3, -0.25) is 0 Å². The lowest BCUT2D eigenvalue weighted by Gasteiger charge is -2.06. The molecule has 0 amide bonds. The van der Waals surface area contributed by atoms with Crippen LogP contribution in [0.4, 0.5) is 4.39 Å². The number of thioether (sulfide) groups is 1. The van der Waals surface area contributed by atoms with E-state index in [2.05, 4.69) is 15.2 Å². The van der Waals surface area contributed by atoms with Gasteiger partial charge in [0, 0.05) is 28.4 Å². The Morgan fingerprint density at radius 2 is 2.08 bits per heavy atom. The van der Waals surface area contributed by atoms with Gasteiger partial charge in [0.15, 0.2) is 0 Å². The van der Waals surface area contributed by atoms with Crippen LogP contribution in [0.25, 0.3) is 22.4 Å². The zero-order valence-corrected chi connectivity index (χ0v) is 14.1. The second kappa shape index (κ2) is 6.60. The monoisotopic (exact) mass is 355 g/mol. The number of H-pyrrole nitrogens is 1. The Balaban J connectivity index is 1.55. The van der Waals surface area contributed by atoms with Crippen molar-refractivity contribution in [1.82, 2.24) is 15.2 Å². The summed E-state index contributed by atoms with van der Waals surface area (Å²) in [5.74, 6) is 1.24. The summed E-state index contributed by atoms with van der Waals surface area (Å²) in [6, 6.07) is 12.3. The highest BCUT2D eigenvalue weighted by atomic mass is 32.2. The van der Waals surface area contributed by atoms with Crippen molar-refractivity contribution in [3.8, 4) is 17.2 Å². The van der Waals surface area contributed by atoms with E-state index in [1.54, 1.807) is 13.2 Å². The molecule has 0 aliphatic carbocycles. The molecule has 2 aromatic heterocycles. The summed E-state index contributed by atoms with van der Waals surface area (Å²) in [7, 11) is 1.56. The van der Waals surface area contributed by atoms with Crippen molar-refractivity contribution in [3.05, 3.63) is 60.0 Å². The molecule has 126 valence electrons. The highest BCUT2D eigenvalue weighted by Crippen LogP contribution is 2.32. The van der Waals surface area contributed by atoms with E-state index >= 15 is 0 Å². The van der Waals surface area contributed by atoms with E-state index in [4.69, 9.17) is 9.15 Å². The summed E-state index contributed by atoms with van der Waals surface area (Å²) < 4.78 is 24.4. The molecule has 0 saturated heterocycles. The first-order valence-electron chi connectivity index (χ1n) is 7.60. The predicted molar refractivity (Wildman–Crippen MR) is 94.1 cm³/mol. The number of halogens is 1. The lowest BCUT2D eigenvalue weighted by atomic mass is 10.2. The standard InChI is InChI=1S/C18H14FN3O2S/c1-23-16-7-6-12(19)8-11(16)10-25-18-22-21-17(24-18)14-9-20-15-5-3-2-4-13(14)15/h2-9,20H,10H2,1H3. The summed E-state index contributed by atoms with van der Waals surface area (Å²) in [6.07, 6.45) is 1.85. The number of benzene rings is 2. The third-order valence-corrected chi connectivity index (χ3v) is 4.69. The first-order valence-corrected chi connectivity index (χ1v) is 8.58. The Kier molecular flexibility index (Phi) is 4.15. The number of fused-ring (bicyclic) bond motifs is 1. The number of nitrogens with zero attached hydrogens (tertiary/aromatic N) is 2. The van der Waals surface area contributed by atoms with Crippen LogP contribution in [0.3, 0.4) is 0 Å². The van der Waals surface area contributed by atoms with E-state index in [9.17, 15) is 4.39 Å². The number of nitrogens with one attached hydrogen (secondary N) is 1. The third kappa shape index (κ3) is 3.10. The maximum atomic E-state index is 13.4. The molecule has 0 radical (unpaired) electrons. The normalized spacial score (nSPS) is 11.1. The minimum Gasteiger partial charge on any atom is -0.496 e. The molecule has 0 aliphatic rings. The van der Waals surface area contributed by atoms with Crippen molar-refractivity contribution in [3.63, 3.8) is 0 Å². The molecule has 1 N–H and O–H groups in total. The van der Waals surface area contributed by atoms with Crippen LogP contribution < -0.4 is 4.74 Å². The van der Waals surface area contributed by atoms with Gasteiger partial charge in [-0.2, -0.15) is 0 Å². The highest BCUT2D eigenvalue weighted by molar-refractivity contribution is 7.98. The van der Waals surface area contributed by atoms with E-state index in [-0.39, 0.29) is 5.82 Å². The van der Waals surface area contributed by atoms with Crippen molar-refractivity contribution in [2.24, 2.45) is 0 Å². The van der Waals surface area contributed by atoms with E-state index < -0.39 is 0 Å². The molecule has 4 rings (SSSR count). The molecule has 25 heavy (non-hydrogen) atoms. The second-order valence-corrected chi connectivity index (χ2v) is 6.29. The fourth-order valence-corrected chi connectivity index (χ4v) is 3.37. The molecular formula is C18H14FN3O2S. The summed E-state index contributed by atoms with van der Waals surface area (Å²) >= 11 is 1.34. The summed E-state index contributed by atoms with van der Waals surface area (Å²) in [4.78, 5) is 3.18. The molecule has 2 heterocycles. The first-order chi connectivity index (χ1) is 12.2. The second-order valence-electron chi connectivity index (χ2n) is 5.37. The van der Waals surface area contributed by atoms with Crippen LogP contribution in [0.15, 0.2) is 58.3 Å². The molecule has 4 aromatic rings. The van der Waals surface area contributed by atoms with Crippen LogP contribution >= 0.6 is 11.8 Å². The number of aromatic amines is 1. The van der Waals surface area contributed by atoms with Gasteiger partial charge in [0.1, 0.15) is 11.6 Å². The van der Waals surface area contributed by atoms with E-state index in [0.29, 0.717) is 22.6 Å². The molecule has 0 spiro atoms.